The van der Waals surface area contributed by atoms with E-state index in [1.165, 1.54) is 0 Å². The number of hydrogen-bond donors (Lipinski definition) is 3. The average molecular weight is 312 g/mol. The van der Waals surface area contributed by atoms with Crippen molar-refractivity contribution in [1.82, 2.24) is 10.3 Å². The fourth-order valence-electron chi connectivity index (χ4n) is 1.95. The van der Waals surface area contributed by atoms with Crippen molar-refractivity contribution in [3.8, 4) is 0 Å². The van der Waals surface area contributed by atoms with Gasteiger partial charge in [0.2, 0.25) is 0 Å². The highest BCUT2D eigenvalue weighted by Gasteiger charge is 2.09. The molecule has 3 N–H and O–H groups in total. The summed E-state index contributed by atoms with van der Waals surface area (Å²) in [4.78, 5) is 28.1. The second-order valence-corrected chi connectivity index (χ2v) is 5.08. The summed E-state index contributed by atoms with van der Waals surface area (Å²) in [5.74, 6) is 0.217. The minimum absolute atomic E-state index is 0.277. The normalized spacial score (nSPS) is 10.0. The molecule has 1 aromatic heterocycles. The van der Waals surface area contributed by atoms with Crippen molar-refractivity contribution in [2.45, 2.75) is 20.3 Å². The monoisotopic (exact) mass is 312 g/mol. The number of benzene rings is 1. The number of aryl methyl sites for hydroxylation is 1. The van der Waals surface area contributed by atoms with Gasteiger partial charge in [0, 0.05) is 23.5 Å². The predicted molar refractivity (Wildman–Crippen MR) is 90.7 cm³/mol. The van der Waals surface area contributed by atoms with Crippen LogP contribution >= 0.6 is 0 Å². The van der Waals surface area contributed by atoms with Crippen LogP contribution in [0.15, 0.2) is 42.5 Å². The fourth-order valence-corrected chi connectivity index (χ4v) is 1.95. The highest BCUT2D eigenvalue weighted by molar-refractivity contribution is 6.04. The molecule has 23 heavy (non-hydrogen) atoms. The summed E-state index contributed by atoms with van der Waals surface area (Å²) in [7, 11) is 0. The van der Waals surface area contributed by atoms with Crippen molar-refractivity contribution >= 4 is 23.4 Å². The van der Waals surface area contributed by atoms with E-state index in [-0.39, 0.29) is 11.9 Å². The van der Waals surface area contributed by atoms with Crippen LogP contribution in [0.2, 0.25) is 0 Å². The van der Waals surface area contributed by atoms with Gasteiger partial charge in [0.05, 0.1) is 0 Å². The smallest absolute Gasteiger partial charge is 0.319 e. The van der Waals surface area contributed by atoms with Crippen molar-refractivity contribution in [3.05, 3.63) is 53.7 Å². The van der Waals surface area contributed by atoms with E-state index in [0.717, 1.165) is 12.1 Å². The molecule has 0 unspecified atom stereocenters. The third-order valence-corrected chi connectivity index (χ3v) is 3.05. The van der Waals surface area contributed by atoms with E-state index in [4.69, 9.17) is 0 Å². The van der Waals surface area contributed by atoms with Gasteiger partial charge in [-0.1, -0.05) is 19.1 Å². The Morgan fingerprint density at radius 1 is 1.09 bits per heavy atom. The van der Waals surface area contributed by atoms with E-state index in [1.807, 2.05) is 26.0 Å². The zero-order valence-electron chi connectivity index (χ0n) is 13.2. The van der Waals surface area contributed by atoms with Crippen LogP contribution in [0.5, 0.6) is 0 Å². The molecule has 0 saturated carbocycles. The number of hydrogen-bond acceptors (Lipinski definition) is 3. The Balaban J connectivity index is 2.03. The maximum absolute atomic E-state index is 12.3. The SMILES string of the molecule is CCCNC(=O)Nc1cccc(C(=O)Nc2cccc(C)n2)c1. The minimum Gasteiger partial charge on any atom is -0.338 e. The number of carbonyl (C=O) groups excluding carboxylic acids is 2. The molecule has 120 valence electrons. The molecule has 0 aliphatic rings. The Hall–Kier alpha value is -2.89. The van der Waals surface area contributed by atoms with Gasteiger partial charge < -0.3 is 16.0 Å². The lowest BCUT2D eigenvalue weighted by atomic mass is 10.2. The van der Waals surface area contributed by atoms with Gasteiger partial charge in [-0.2, -0.15) is 0 Å². The number of rotatable bonds is 5. The first-order chi connectivity index (χ1) is 11.1. The first kappa shape index (κ1) is 16.5. The minimum atomic E-state index is -0.287. The number of nitrogens with one attached hydrogen (secondary N) is 3. The number of pyridine rings is 1. The molecule has 0 bridgehead atoms. The van der Waals surface area contributed by atoms with Gasteiger partial charge in [-0.05, 0) is 43.7 Å². The van der Waals surface area contributed by atoms with Crippen molar-refractivity contribution in [1.29, 1.82) is 0 Å². The van der Waals surface area contributed by atoms with Crippen LogP contribution in [0.4, 0.5) is 16.3 Å². The van der Waals surface area contributed by atoms with E-state index in [1.54, 1.807) is 30.3 Å². The number of carbonyl (C=O) groups is 2. The number of nitrogens with zero attached hydrogens (tertiary/aromatic N) is 1. The molecule has 6 heteroatoms. The highest BCUT2D eigenvalue weighted by Crippen LogP contribution is 2.13. The van der Waals surface area contributed by atoms with E-state index in [2.05, 4.69) is 20.9 Å². The molecule has 1 heterocycles. The summed E-state index contributed by atoms with van der Waals surface area (Å²) >= 11 is 0. The number of urea groups is 1. The van der Waals surface area contributed by atoms with Crippen LogP contribution in [0.25, 0.3) is 0 Å². The summed E-state index contributed by atoms with van der Waals surface area (Å²) in [5, 5.41) is 8.15. The highest BCUT2D eigenvalue weighted by atomic mass is 16.2. The molecule has 0 radical (unpaired) electrons. The first-order valence-corrected chi connectivity index (χ1v) is 7.48. The van der Waals surface area contributed by atoms with E-state index in [9.17, 15) is 9.59 Å². The molecular formula is C17H20N4O2. The lowest BCUT2D eigenvalue weighted by Crippen LogP contribution is -2.29. The second-order valence-electron chi connectivity index (χ2n) is 5.08. The van der Waals surface area contributed by atoms with Crippen molar-refractivity contribution < 1.29 is 9.59 Å². The molecular weight excluding hydrogens is 292 g/mol. The van der Waals surface area contributed by atoms with Gasteiger partial charge >= 0.3 is 6.03 Å². The van der Waals surface area contributed by atoms with Gasteiger partial charge in [-0.25, -0.2) is 9.78 Å². The van der Waals surface area contributed by atoms with Gasteiger partial charge in [-0.3, -0.25) is 4.79 Å². The van der Waals surface area contributed by atoms with Gasteiger partial charge in [0.15, 0.2) is 0 Å². The molecule has 0 fully saturated rings. The standard InChI is InChI=1S/C17H20N4O2/c1-3-10-18-17(23)20-14-8-5-7-13(11-14)16(22)21-15-9-4-6-12(2)19-15/h4-9,11H,3,10H2,1-2H3,(H2,18,20,23)(H,19,21,22). The molecule has 1 aromatic carbocycles. The number of amides is 3. The predicted octanol–water partition coefficient (Wildman–Crippen LogP) is 3.17. The molecule has 0 atom stereocenters. The molecule has 0 aliphatic heterocycles. The number of aromatic nitrogens is 1. The maximum atomic E-state index is 12.3. The van der Waals surface area contributed by atoms with Crippen LogP contribution in [0.1, 0.15) is 29.4 Å². The van der Waals surface area contributed by atoms with Gasteiger partial charge in [-0.15, -0.1) is 0 Å². The largest absolute Gasteiger partial charge is 0.338 e. The zero-order valence-corrected chi connectivity index (χ0v) is 13.2. The second kappa shape index (κ2) is 7.93. The topological polar surface area (TPSA) is 83.1 Å². The Bertz CT molecular complexity index is 700. The summed E-state index contributed by atoms with van der Waals surface area (Å²) in [6.45, 7) is 4.44. The van der Waals surface area contributed by atoms with Crippen LogP contribution in [0.3, 0.4) is 0 Å². The molecule has 2 rings (SSSR count). The molecule has 0 saturated heterocycles. The van der Waals surface area contributed by atoms with Crippen molar-refractivity contribution in [2.24, 2.45) is 0 Å². The Morgan fingerprint density at radius 2 is 1.87 bits per heavy atom. The molecule has 0 aliphatic carbocycles. The van der Waals surface area contributed by atoms with Crippen molar-refractivity contribution in [2.75, 3.05) is 17.2 Å². The molecule has 0 spiro atoms. The zero-order chi connectivity index (χ0) is 16.7. The quantitative estimate of drug-likeness (QED) is 0.793. The Kier molecular flexibility index (Phi) is 5.68. The van der Waals surface area contributed by atoms with E-state index >= 15 is 0 Å². The summed E-state index contributed by atoms with van der Waals surface area (Å²) in [5.41, 5.74) is 1.83. The van der Waals surface area contributed by atoms with Crippen LogP contribution < -0.4 is 16.0 Å². The third kappa shape index (κ3) is 5.10. The van der Waals surface area contributed by atoms with Crippen LogP contribution in [-0.4, -0.2) is 23.5 Å². The van der Waals surface area contributed by atoms with Crippen LogP contribution in [-0.2, 0) is 0 Å². The van der Waals surface area contributed by atoms with E-state index < -0.39 is 0 Å². The Morgan fingerprint density at radius 3 is 2.61 bits per heavy atom. The van der Waals surface area contributed by atoms with E-state index in [0.29, 0.717) is 23.6 Å². The lowest BCUT2D eigenvalue weighted by Gasteiger charge is -2.09. The fraction of sp³-hybridized carbons (Fsp3) is 0.235. The summed E-state index contributed by atoms with van der Waals surface area (Å²) in [6, 6.07) is 11.9. The summed E-state index contributed by atoms with van der Waals surface area (Å²) < 4.78 is 0. The van der Waals surface area contributed by atoms with Crippen LogP contribution in [0, 0.1) is 6.92 Å². The van der Waals surface area contributed by atoms with Crippen molar-refractivity contribution in [3.63, 3.8) is 0 Å². The lowest BCUT2D eigenvalue weighted by molar-refractivity contribution is 0.102. The summed E-state index contributed by atoms with van der Waals surface area (Å²) in [6.07, 6.45) is 0.860. The molecule has 6 nitrogen and oxygen atoms in total. The third-order valence-electron chi connectivity index (χ3n) is 3.05. The average Bonchev–Trinajstić information content (AvgIpc) is 2.53. The maximum Gasteiger partial charge on any atom is 0.319 e. The molecule has 2 aromatic rings. The van der Waals surface area contributed by atoms with Gasteiger partial charge in [0.25, 0.3) is 5.91 Å². The molecule has 3 amide bonds. The first-order valence-electron chi connectivity index (χ1n) is 7.48. The van der Waals surface area contributed by atoms with Gasteiger partial charge in [0.1, 0.15) is 5.82 Å². The number of anilines is 2. The Labute approximate surface area is 135 Å².